The van der Waals surface area contributed by atoms with Gasteiger partial charge in [-0.15, -0.1) is 0 Å². The van der Waals surface area contributed by atoms with Crippen molar-refractivity contribution in [1.29, 1.82) is 0 Å². The van der Waals surface area contributed by atoms with Gasteiger partial charge in [0.1, 0.15) is 0 Å². The zero-order valence-corrected chi connectivity index (χ0v) is 10.9. The van der Waals surface area contributed by atoms with Crippen molar-refractivity contribution in [2.75, 3.05) is 6.61 Å². The molecule has 0 fully saturated rings. The molecule has 0 amide bonds. The average molecular weight is 259 g/mol. The van der Waals surface area contributed by atoms with Crippen LogP contribution in [0.2, 0.25) is 13.1 Å². The van der Waals surface area contributed by atoms with Gasteiger partial charge in [-0.05, 0) is 37.3 Å². The summed E-state index contributed by atoms with van der Waals surface area (Å²) in [4.78, 5) is 0. The maximum atomic E-state index is 5.79. The summed E-state index contributed by atoms with van der Waals surface area (Å²) >= 11 is 3.47. The third kappa shape index (κ3) is 2.93. The normalized spacial score (nSPS) is 11.7. The molecule has 0 unspecified atom stereocenters. The van der Waals surface area contributed by atoms with Crippen LogP contribution < -0.4 is 5.19 Å². The lowest BCUT2D eigenvalue weighted by Gasteiger charge is -2.22. The molecule has 0 saturated heterocycles. The van der Waals surface area contributed by atoms with Crippen LogP contribution in [0.15, 0.2) is 28.7 Å². The summed E-state index contributed by atoms with van der Waals surface area (Å²) in [6.45, 7) is 7.29. The molecule has 72 valence electrons. The third-order valence-electron chi connectivity index (χ3n) is 2.03. The minimum atomic E-state index is -1.64. The molecule has 1 aromatic carbocycles. The Hall–Kier alpha value is -0.123. The molecule has 1 aromatic rings. The largest absolute Gasteiger partial charge is 0.413 e. The highest BCUT2D eigenvalue weighted by Crippen LogP contribution is 2.11. The van der Waals surface area contributed by atoms with E-state index in [1.807, 2.05) is 13.0 Å². The molecule has 0 aliphatic carbocycles. The lowest BCUT2D eigenvalue weighted by Crippen LogP contribution is -2.44. The van der Waals surface area contributed by atoms with Gasteiger partial charge in [0.15, 0.2) is 0 Å². The molecule has 0 aliphatic rings. The Bertz CT molecular complexity index is 286. The van der Waals surface area contributed by atoms with Gasteiger partial charge in [0.2, 0.25) is 8.32 Å². The fourth-order valence-electron chi connectivity index (χ4n) is 1.31. The minimum absolute atomic E-state index is 0.797. The first-order valence-electron chi connectivity index (χ1n) is 4.46. The zero-order chi connectivity index (χ0) is 9.90. The lowest BCUT2D eigenvalue weighted by molar-refractivity contribution is 0.339. The summed E-state index contributed by atoms with van der Waals surface area (Å²) in [6.07, 6.45) is 0. The van der Waals surface area contributed by atoms with Crippen LogP contribution in [-0.4, -0.2) is 14.9 Å². The summed E-state index contributed by atoms with van der Waals surface area (Å²) in [5, 5.41) is 1.34. The quantitative estimate of drug-likeness (QED) is 0.758. The van der Waals surface area contributed by atoms with Crippen LogP contribution >= 0.6 is 15.9 Å². The van der Waals surface area contributed by atoms with Crippen molar-refractivity contribution < 1.29 is 4.43 Å². The summed E-state index contributed by atoms with van der Waals surface area (Å²) in [7, 11) is -1.64. The van der Waals surface area contributed by atoms with E-state index in [0.29, 0.717) is 0 Å². The fraction of sp³-hybridized carbons (Fsp3) is 0.400. The van der Waals surface area contributed by atoms with Crippen molar-refractivity contribution in [2.45, 2.75) is 20.0 Å². The van der Waals surface area contributed by atoms with Crippen LogP contribution in [0.25, 0.3) is 0 Å². The first-order chi connectivity index (χ1) is 6.06. The Labute approximate surface area is 89.4 Å². The Balaban J connectivity index is 2.93. The molecule has 0 bridgehead atoms. The summed E-state index contributed by atoms with van der Waals surface area (Å²) in [5.74, 6) is 0. The van der Waals surface area contributed by atoms with Crippen molar-refractivity contribution in [3.63, 3.8) is 0 Å². The molecule has 0 N–H and O–H groups in total. The molecule has 1 rings (SSSR count). The monoisotopic (exact) mass is 258 g/mol. The highest BCUT2D eigenvalue weighted by molar-refractivity contribution is 9.10. The van der Waals surface area contributed by atoms with Gasteiger partial charge in [-0.2, -0.15) is 0 Å². The Morgan fingerprint density at radius 2 is 2.08 bits per heavy atom. The van der Waals surface area contributed by atoms with Crippen LogP contribution in [0.1, 0.15) is 6.92 Å². The standard InChI is InChI=1S/C10H15BrOSi/c1-4-12-13(2,3)10-7-5-6-9(11)8-10/h5-8H,4H2,1-3H3. The molecule has 3 heteroatoms. The second kappa shape index (κ2) is 4.40. The van der Waals surface area contributed by atoms with Crippen LogP contribution in [0.5, 0.6) is 0 Å². The number of halogens is 1. The van der Waals surface area contributed by atoms with Gasteiger partial charge in [-0.3, -0.25) is 0 Å². The van der Waals surface area contributed by atoms with Gasteiger partial charge in [0, 0.05) is 11.1 Å². The fourth-order valence-corrected chi connectivity index (χ4v) is 3.81. The number of benzene rings is 1. The van der Waals surface area contributed by atoms with E-state index in [9.17, 15) is 0 Å². The molecule has 0 heterocycles. The molecular weight excluding hydrogens is 244 g/mol. The topological polar surface area (TPSA) is 9.23 Å². The van der Waals surface area contributed by atoms with Crippen LogP contribution in [0, 0.1) is 0 Å². The summed E-state index contributed by atoms with van der Waals surface area (Å²) < 4.78 is 6.92. The number of hydrogen-bond donors (Lipinski definition) is 0. The van der Waals surface area contributed by atoms with Gasteiger partial charge in [0.25, 0.3) is 0 Å². The van der Waals surface area contributed by atoms with E-state index in [1.165, 1.54) is 5.19 Å². The van der Waals surface area contributed by atoms with Crippen LogP contribution in [0.3, 0.4) is 0 Å². The number of hydrogen-bond acceptors (Lipinski definition) is 1. The van der Waals surface area contributed by atoms with Crippen molar-refractivity contribution in [3.8, 4) is 0 Å². The van der Waals surface area contributed by atoms with Crippen molar-refractivity contribution in [3.05, 3.63) is 28.7 Å². The first-order valence-corrected chi connectivity index (χ1v) is 8.16. The maximum Gasteiger partial charge on any atom is 0.218 e. The molecule has 0 spiro atoms. The second-order valence-electron chi connectivity index (χ2n) is 3.45. The predicted molar refractivity (Wildman–Crippen MR) is 62.9 cm³/mol. The van der Waals surface area contributed by atoms with E-state index in [1.54, 1.807) is 0 Å². The van der Waals surface area contributed by atoms with Gasteiger partial charge < -0.3 is 4.43 Å². The third-order valence-corrected chi connectivity index (χ3v) is 5.23. The molecule has 13 heavy (non-hydrogen) atoms. The minimum Gasteiger partial charge on any atom is -0.413 e. The molecule has 0 radical (unpaired) electrons. The molecule has 0 aromatic heterocycles. The predicted octanol–water partition coefficient (Wildman–Crippen LogP) is 2.90. The van der Waals surface area contributed by atoms with E-state index in [0.717, 1.165) is 11.1 Å². The van der Waals surface area contributed by atoms with Gasteiger partial charge in [-0.1, -0.05) is 28.1 Å². The van der Waals surface area contributed by atoms with Gasteiger partial charge in [-0.25, -0.2) is 0 Å². The maximum absolute atomic E-state index is 5.79. The SMILES string of the molecule is CCO[Si](C)(C)c1cccc(Br)c1. The van der Waals surface area contributed by atoms with E-state index in [2.05, 4.69) is 47.2 Å². The summed E-state index contributed by atoms with van der Waals surface area (Å²) in [5.41, 5.74) is 0. The Morgan fingerprint density at radius 1 is 1.38 bits per heavy atom. The van der Waals surface area contributed by atoms with E-state index in [4.69, 9.17) is 4.43 Å². The molecule has 1 nitrogen and oxygen atoms in total. The van der Waals surface area contributed by atoms with Crippen molar-refractivity contribution in [2.24, 2.45) is 0 Å². The Morgan fingerprint density at radius 3 is 2.62 bits per heavy atom. The van der Waals surface area contributed by atoms with Crippen molar-refractivity contribution >= 4 is 29.4 Å². The number of rotatable bonds is 3. The molecule has 0 aliphatic heterocycles. The lowest BCUT2D eigenvalue weighted by atomic mass is 10.4. The van der Waals surface area contributed by atoms with E-state index in [-0.39, 0.29) is 0 Å². The van der Waals surface area contributed by atoms with Gasteiger partial charge >= 0.3 is 0 Å². The smallest absolute Gasteiger partial charge is 0.218 e. The highest BCUT2D eigenvalue weighted by atomic mass is 79.9. The average Bonchev–Trinajstić information content (AvgIpc) is 2.04. The van der Waals surface area contributed by atoms with Crippen LogP contribution in [0.4, 0.5) is 0 Å². The van der Waals surface area contributed by atoms with Crippen LogP contribution in [-0.2, 0) is 4.43 Å². The van der Waals surface area contributed by atoms with Gasteiger partial charge in [0.05, 0.1) is 0 Å². The van der Waals surface area contributed by atoms with E-state index >= 15 is 0 Å². The first kappa shape index (κ1) is 11.0. The van der Waals surface area contributed by atoms with E-state index < -0.39 is 8.32 Å². The Kier molecular flexibility index (Phi) is 3.70. The molecule has 0 atom stereocenters. The van der Waals surface area contributed by atoms with Crippen molar-refractivity contribution in [1.82, 2.24) is 0 Å². The zero-order valence-electron chi connectivity index (χ0n) is 8.30. The molecular formula is C10H15BrOSi. The summed E-state index contributed by atoms with van der Waals surface area (Å²) in [6, 6.07) is 8.40. The second-order valence-corrected chi connectivity index (χ2v) is 8.26. The molecule has 0 saturated carbocycles. The highest BCUT2D eigenvalue weighted by Gasteiger charge is 2.24.